The van der Waals surface area contributed by atoms with Gasteiger partial charge in [0.05, 0.1) is 33.3 Å². The number of benzene rings is 2. The van der Waals surface area contributed by atoms with Crippen molar-refractivity contribution in [1.29, 1.82) is 0 Å². The predicted octanol–water partition coefficient (Wildman–Crippen LogP) is 4.10. The lowest BCUT2D eigenvalue weighted by molar-refractivity contribution is -0.118. The van der Waals surface area contributed by atoms with Crippen LogP contribution >= 0.6 is 34.9 Å². The molecule has 0 saturated heterocycles. The first-order chi connectivity index (χ1) is 15.6. The minimum atomic E-state index is -0.251. The fourth-order valence-corrected chi connectivity index (χ4v) is 5.29. The Kier molecular flexibility index (Phi) is 9.20. The van der Waals surface area contributed by atoms with E-state index in [1.807, 2.05) is 18.2 Å². The Balaban J connectivity index is 1.48. The van der Waals surface area contributed by atoms with Gasteiger partial charge in [0.1, 0.15) is 5.75 Å². The third-order valence-corrected chi connectivity index (χ3v) is 7.31. The molecular formula is C21H22N4O4S3. The van der Waals surface area contributed by atoms with Crippen molar-refractivity contribution >= 4 is 47.0 Å². The number of rotatable bonds is 11. The fourth-order valence-electron chi connectivity index (χ4n) is 2.52. The van der Waals surface area contributed by atoms with Crippen molar-refractivity contribution in [3.8, 4) is 17.2 Å². The highest BCUT2D eigenvalue weighted by atomic mass is 32.2. The average Bonchev–Trinajstić information content (AvgIpc) is 3.29. The zero-order chi connectivity index (χ0) is 22.8. The van der Waals surface area contributed by atoms with Crippen LogP contribution in [-0.4, -0.2) is 49.4 Å². The molecule has 0 fully saturated rings. The summed E-state index contributed by atoms with van der Waals surface area (Å²) in [6, 6.07) is 13.6. The number of hydrogen-bond donors (Lipinski definition) is 1. The number of carbonyl (C=O) groups is 1. The summed E-state index contributed by atoms with van der Waals surface area (Å²) < 4.78 is 17.5. The van der Waals surface area contributed by atoms with E-state index in [0.29, 0.717) is 22.8 Å². The van der Waals surface area contributed by atoms with Gasteiger partial charge in [-0.3, -0.25) is 4.79 Å². The van der Waals surface area contributed by atoms with E-state index in [2.05, 4.69) is 32.9 Å². The highest BCUT2D eigenvalue weighted by molar-refractivity contribution is 8.03. The molecule has 2 aromatic carbocycles. The van der Waals surface area contributed by atoms with Gasteiger partial charge in [0.15, 0.2) is 20.2 Å². The maximum absolute atomic E-state index is 12.1. The highest BCUT2D eigenvalue weighted by Gasteiger charge is 2.11. The van der Waals surface area contributed by atoms with Gasteiger partial charge in [-0.25, -0.2) is 5.43 Å². The summed E-state index contributed by atoms with van der Waals surface area (Å²) in [6.45, 7) is 0. The summed E-state index contributed by atoms with van der Waals surface area (Å²) in [5.74, 6) is 2.38. The molecule has 0 aliphatic rings. The predicted molar refractivity (Wildman–Crippen MR) is 128 cm³/mol. The fraction of sp³-hybridized carbons (Fsp3) is 0.238. The number of hydrogen-bond acceptors (Lipinski definition) is 10. The molecule has 1 N–H and O–H groups in total. The second-order valence-electron chi connectivity index (χ2n) is 6.14. The zero-order valence-corrected chi connectivity index (χ0v) is 20.2. The van der Waals surface area contributed by atoms with Crippen LogP contribution in [0.5, 0.6) is 17.2 Å². The summed E-state index contributed by atoms with van der Waals surface area (Å²) in [4.78, 5) is 12.1. The normalized spacial score (nSPS) is 10.8. The molecule has 0 radical (unpaired) electrons. The second kappa shape index (κ2) is 12.3. The van der Waals surface area contributed by atoms with E-state index in [0.717, 1.165) is 14.4 Å². The van der Waals surface area contributed by atoms with Crippen molar-refractivity contribution in [3.63, 3.8) is 0 Å². The van der Waals surface area contributed by atoms with Crippen molar-refractivity contribution in [2.45, 2.75) is 14.4 Å². The summed E-state index contributed by atoms with van der Waals surface area (Å²) in [7, 11) is 4.64. The first-order valence-corrected chi connectivity index (χ1v) is 12.2. The van der Waals surface area contributed by atoms with E-state index in [4.69, 9.17) is 14.2 Å². The number of nitrogens with zero attached hydrogens (tertiary/aromatic N) is 3. The van der Waals surface area contributed by atoms with Gasteiger partial charge >= 0.3 is 0 Å². The summed E-state index contributed by atoms with van der Waals surface area (Å²) in [5.41, 5.74) is 4.37. The molecule has 0 atom stereocenters. The Labute approximate surface area is 198 Å². The lowest BCUT2D eigenvalue weighted by Gasteiger charge is -2.11. The molecule has 0 aliphatic heterocycles. The summed E-state index contributed by atoms with van der Waals surface area (Å²) >= 11 is 4.42. The van der Waals surface area contributed by atoms with Gasteiger partial charge < -0.3 is 14.2 Å². The number of carbonyl (C=O) groups excluding carboxylic acids is 1. The van der Waals surface area contributed by atoms with E-state index >= 15 is 0 Å². The number of hydrazone groups is 1. The SMILES string of the molecule is COc1cc(OC)c(OC)cc1C=NNC(=O)CSc1nnc(SCc2ccccc2)s1. The lowest BCUT2D eigenvalue weighted by Crippen LogP contribution is -2.19. The topological polar surface area (TPSA) is 94.9 Å². The van der Waals surface area contributed by atoms with Crippen LogP contribution < -0.4 is 19.6 Å². The summed E-state index contributed by atoms with van der Waals surface area (Å²) in [6.07, 6.45) is 1.49. The molecule has 1 aromatic heterocycles. The van der Waals surface area contributed by atoms with Gasteiger partial charge in [-0.05, 0) is 11.6 Å². The Morgan fingerprint density at radius 1 is 1.00 bits per heavy atom. The van der Waals surface area contributed by atoms with Crippen molar-refractivity contribution < 1.29 is 19.0 Å². The molecule has 0 aliphatic carbocycles. The van der Waals surface area contributed by atoms with Crippen molar-refractivity contribution in [1.82, 2.24) is 15.6 Å². The van der Waals surface area contributed by atoms with Gasteiger partial charge in [-0.2, -0.15) is 5.10 Å². The van der Waals surface area contributed by atoms with E-state index in [1.165, 1.54) is 34.9 Å². The molecule has 3 rings (SSSR count). The van der Waals surface area contributed by atoms with Gasteiger partial charge in [0.25, 0.3) is 5.91 Å². The Bertz CT molecular complexity index is 1060. The average molecular weight is 491 g/mol. The molecule has 11 heteroatoms. The smallest absolute Gasteiger partial charge is 0.250 e. The molecule has 3 aromatic rings. The van der Waals surface area contributed by atoms with E-state index in [9.17, 15) is 4.79 Å². The maximum Gasteiger partial charge on any atom is 0.250 e. The zero-order valence-electron chi connectivity index (χ0n) is 17.7. The molecule has 8 nitrogen and oxygen atoms in total. The van der Waals surface area contributed by atoms with Gasteiger partial charge in [-0.1, -0.05) is 65.2 Å². The largest absolute Gasteiger partial charge is 0.496 e. The van der Waals surface area contributed by atoms with Crippen LogP contribution in [0, 0.1) is 0 Å². The minimum Gasteiger partial charge on any atom is -0.496 e. The van der Waals surface area contributed by atoms with Crippen molar-refractivity contribution in [3.05, 3.63) is 53.6 Å². The van der Waals surface area contributed by atoms with E-state index in [-0.39, 0.29) is 11.7 Å². The van der Waals surface area contributed by atoms with Crippen LogP contribution in [0.1, 0.15) is 11.1 Å². The Morgan fingerprint density at radius 3 is 2.34 bits per heavy atom. The lowest BCUT2D eigenvalue weighted by atomic mass is 10.2. The summed E-state index contributed by atoms with van der Waals surface area (Å²) in [5, 5.41) is 12.3. The number of aromatic nitrogens is 2. The van der Waals surface area contributed by atoms with Crippen LogP contribution in [0.15, 0.2) is 56.2 Å². The molecule has 0 spiro atoms. The first-order valence-electron chi connectivity index (χ1n) is 9.38. The quantitative estimate of drug-likeness (QED) is 0.244. The highest BCUT2D eigenvalue weighted by Crippen LogP contribution is 2.34. The standard InChI is InChI=1S/C21H22N4O4S3/c1-27-16-10-18(29-3)17(28-2)9-15(16)11-22-23-19(26)13-31-21-25-24-20(32-21)30-12-14-7-5-4-6-8-14/h4-11H,12-13H2,1-3H3,(H,23,26). The number of ether oxygens (including phenoxy) is 3. The van der Waals surface area contributed by atoms with Crippen LogP contribution in [0.4, 0.5) is 0 Å². The van der Waals surface area contributed by atoms with Crippen LogP contribution in [0.25, 0.3) is 0 Å². The maximum atomic E-state index is 12.1. The van der Waals surface area contributed by atoms with E-state index in [1.54, 1.807) is 45.2 Å². The van der Waals surface area contributed by atoms with Crippen LogP contribution in [0.2, 0.25) is 0 Å². The number of nitrogens with one attached hydrogen (secondary N) is 1. The van der Waals surface area contributed by atoms with Crippen molar-refractivity contribution in [2.75, 3.05) is 27.1 Å². The molecule has 168 valence electrons. The first kappa shape index (κ1) is 23.9. The monoisotopic (exact) mass is 490 g/mol. The van der Waals surface area contributed by atoms with Gasteiger partial charge in [-0.15, -0.1) is 10.2 Å². The van der Waals surface area contributed by atoms with Crippen molar-refractivity contribution in [2.24, 2.45) is 5.10 Å². The third-order valence-electron chi connectivity index (χ3n) is 4.05. The molecule has 0 saturated carbocycles. The molecule has 32 heavy (non-hydrogen) atoms. The number of methoxy groups -OCH3 is 3. The Morgan fingerprint density at radius 2 is 1.66 bits per heavy atom. The molecular weight excluding hydrogens is 468 g/mol. The van der Waals surface area contributed by atoms with Gasteiger partial charge in [0.2, 0.25) is 0 Å². The molecule has 1 heterocycles. The Hall–Kier alpha value is -2.76. The minimum absolute atomic E-state index is 0.179. The third kappa shape index (κ3) is 6.87. The van der Waals surface area contributed by atoms with E-state index < -0.39 is 0 Å². The van der Waals surface area contributed by atoms with Crippen LogP contribution in [-0.2, 0) is 10.5 Å². The van der Waals surface area contributed by atoms with Gasteiger partial charge in [0, 0.05) is 17.4 Å². The second-order valence-corrected chi connectivity index (χ2v) is 9.56. The number of thioether (sulfide) groups is 2. The molecule has 1 amide bonds. The molecule has 0 bridgehead atoms. The van der Waals surface area contributed by atoms with Crippen LogP contribution in [0.3, 0.4) is 0 Å². The molecule has 0 unspecified atom stereocenters. The number of amides is 1.